The Morgan fingerprint density at radius 2 is 1.93 bits per heavy atom. The lowest BCUT2D eigenvalue weighted by Gasteiger charge is -2.22. The van der Waals surface area contributed by atoms with Crippen LogP contribution in [0.2, 0.25) is 0 Å². The van der Waals surface area contributed by atoms with Crippen molar-refractivity contribution in [3.63, 3.8) is 0 Å². The maximum absolute atomic E-state index is 13.4. The van der Waals surface area contributed by atoms with Gasteiger partial charge in [0.2, 0.25) is 5.78 Å². The van der Waals surface area contributed by atoms with Crippen molar-refractivity contribution in [2.24, 2.45) is 4.99 Å². The van der Waals surface area contributed by atoms with Crippen molar-refractivity contribution in [1.29, 1.82) is 0 Å². The van der Waals surface area contributed by atoms with Crippen LogP contribution in [0.3, 0.4) is 0 Å². The molecule has 0 radical (unpaired) electrons. The molecule has 1 atom stereocenters. The van der Waals surface area contributed by atoms with E-state index in [1.165, 1.54) is 0 Å². The third-order valence-electron chi connectivity index (χ3n) is 4.38. The van der Waals surface area contributed by atoms with Gasteiger partial charge in [-0.1, -0.05) is 34.1 Å². The fourth-order valence-corrected chi connectivity index (χ4v) is 3.30. The highest BCUT2D eigenvalue weighted by Gasteiger charge is 2.32. The number of ether oxygens (including phenoxy) is 1. The summed E-state index contributed by atoms with van der Waals surface area (Å²) in [6, 6.07) is 12.8. The van der Waals surface area contributed by atoms with E-state index in [0.717, 1.165) is 10.0 Å². The third-order valence-corrected chi connectivity index (χ3v) is 4.91. The van der Waals surface area contributed by atoms with Gasteiger partial charge in [-0.3, -0.25) is 14.2 Å². The summed E-state index contributed by atoms with van der Waals surface area (Å²) in [4.78, 5) is 22.7. The van der Waals surface area contributed by atoms with Crippen molar-refractivity contribution < 1.29 is 9.53 Å². The second-order valence-corrected chi connectivity index (χ2v) is 8.57. The lowest BCUT2D eigenvalue weighted by atomic mass is 10.1. The number of halogens is 1. The summed E-state index contributed by atoms with van der Waals surface area (Å²) in [6.45, 7) is 6.09. The van der Waals surface area contributed by atoms with Gasteiger partial charge in [-0.05, 0) is 45.0 Å². The topological polar surface area (TPSA) is 68.0 Å². The summed E-state index contributed by atoms with van der Waals surface area (Å²) in [5.41, 5.74) is 1.71. The van der Waals surface area contributed by atoms with Gasteiger partial charge in [0.05, 0.1) is 12.2 Å². The first-order chi connectivity index (χ1) is 13.3. The Morgan fingerprint density at radius 1 is 1.18 bits per heavy atom. The Kier molecular flexibility index (Phi) is 4.81. The zero-order valence-corrected chi connectivity index (χ0v) is 17.5. The van der Waals surface area contributed by atoms with Crippen molar-refractivity contribution in [3.8, 4) is 0 Å². The number of amidine groups is 1. The second kappa shape index (κ2) is 7.14. The zero-order valence-electron chi connectivity index (χ0n) is 15.9. The number of aromatic nitrogens is 2. The van der Waals surface area contributed by atoms with Crippen LogP contribution < -0.4 is 5.32 Å². The standard InChI is InChI=1S/C21H21BrN4O2/c1-21(2,3)28-12-15-18(27)17-20(24-16-6-4-5-11-26(16)17)25-19(23-15)13-7-9-14(22)10-8-13/h4-11,15H,12H2,1-3H3,(H,23,25)/t15-/m0/s1. The number of aliphatic imine (C=N–C) groups is 1. The van der Waals surface area contributed by atoms with Crippen LogP contribution in [-0.2, 0) is 4.74 Å². The van der Waals surface area contributed by atoms with Crippen molar-refractivity contribution in [1.82, 2.24) is 9.38 Å². The quantitative estimate of drug-likeness (QED) is 0.657. The maximum Gasteiger partial charge on any atom is 0.210 e. The highest BCUT2D eigenvalue weighted by molar-refractivity contribution is 9.10. The monoisotopic (exact) mass is 440 g/mol. The molecule has 0 spiro atoms. The van der Waals surface area contributed by atoms with Crippen LogP contribution in [0.4, 0.5) is 5.82 Å². The molecule has 0 bridgehead atoms. The van der Waals surface area contributed by atoms with Gasteiger partial charge in [0.15, 0.2) is 5.82 Å². The molecule has 144 valence electrons. The fourth-order valence-electron chi connectivity index (χ4n) is 3.03. The Balaban J connectivity index is 1.82. The van der Waals surface area contributed by atoms with E-state index in [1.54, 1.807) is 4.40 Å². The number of nitrogens with zero attached hydrogens (tertiary/aromatic N) is 3. The minimum atomic E-state index is -0.660. The number of fused-ring (bicyclic) bond motifs is 3. The highest BCUT2D eigenvalue weighted by Crippen LogP contribution is 2.25. The number of nitrogens with one attached hydrogen (secondary N) is 1. The molecule has 28 heavy (non-hydrogen) atoms. The van der Waals surface area contributed by atoms with E-state index in [-0.39, 0.29) is 18.0 Å². The lowest BCUT2D eigenvalue weighted by Crippen LogP contribution is -2.31. The van der Waals surface area contributed by atoms with Gasteiger partial charge < -0.3 is 10.1 Å². The summed E-state index contributed by atoms with van der Waals surface area (Å²) in [6.07, 6.45) is 1.84. The summed E-state index contributed by atoms with van der Waals surface area (Å²) in [5, 5.41) is 3.27. The summed E-state index contributed by atoms with van der Waals surface area (Å²) < 4.78 is 8.68. The number of carbonyl (C=O) groups excluding carboxylic acids is 1. The number of hydrogen-bond acceptors (Lipinski definition) is 5. The number of Topliss-reactive ketones (excluding diaryl/α,β-unsaturated/α-hetero) is 1. The second-order valence-electron chi connectivity index (χ2n) is 7.65. The van der Waals surface area contributed by atoms with Gasteiger partial charge in [0, 0.05) is 16.2 Å². The smallest absolute Gasteiger partial charge is 0.210 e. The molecule has 1 N–H and O–H groups in total. The predicted molar refractivity (Wildman–Crippen MR) is 113 cm³/mol. The molecular formula is C21H21BrN4O2. The molecule has 3 aromatic rings. The highest BCUT2D eigenvalue weighted by atomic mass is 79.9. The summed E-state index contributed by atoms with van der Waals surface area (Å²) in [7, 11) is 0. The van der Waals surface area contributed by atoms with Gasteiger partial charge in [0.1, 0.15) is 23.2 Å². The molecule has 3 heterocycles. The number of rotatable bonds is 3. The van der Waals surface area contributed by atoms with E-state index in [4.69, 9.17) is 9.73 Å². The van der Waals surface area contributed by atoms with E-state index in [0.29, 0.717) is 23.0 Å². The van der Waals surface area contributed by atoms with Crippen LogP contribution in [0.25, 0.3) is 5.65 Å². The van der Waals surface area contributed by atoms with Gasteiger partial charge in [-0.2, -0.15) is 0 Å². The number of imidazole rings is 1. The number of carbonyl (C=O) groups is 1. The average molecular weight is 441 g/mol. The Hall–Kier alpha value is -2.51. The Labute approximate surface area is 171 Å². The van der Waals surface area contributed by atoms with E-state index >= 15 is 0 Å². The van der Waals surface area contributed by atoms with Gasteiger partial charge in [-0.15, -0.1) is 0 Å². The molecular weight excluding hydrogens is 420 g/mol. The minimum absolute atomic E-state index is 0.113. The van der Waals surface area contributed by atoms with E-state index in [1.807, 2.05) is 69.4 Å². The molecule has 1 aromatic carbocycles. The molecule has 0 saturated heterocycles. The molecule has 0 aliphatic carbocycles. The fraction of sp³-hybridized carbons (Fsp3) is 0.286. The van der Waals surface area contributed by atoms with Gasteiger partial charge >= 0.3 is 0 Å². The maximum atomic E-state index is 13.4. The molecule has 6 nitrogen and oxygen atoms in total. The van der Waals surface area contributed by atoms with Gasteiger partial charge in [-0.25, -0.2) is 4.98 Å². The molecule has 0 amide bonds. The number of pyridine rings is 1. The van der Waals surface area contributed by atoms with Crippen LogP contribution in [0, 0.1) is 0 Å². The van der Waals surface area contributed by atoms with E-state index in [9.17, 15) is 4.79 Å². The normalized spacial score (nSPS) is 17.1. The van der Waals surface area contributed by atoms with Crippen molar-refractivity contribution in [2.75, 3.05) is 11.9 Å². The van der Waals surface area contributed by atoms with Crippen LogP contribution >= 0.6 is 15.9 Å². The van der Waals surface area contributed by atoms with Crippen LogP contribution in [-0.4, -0.2) is 39.3 Å². The first kappa shape index (κ1) is 18.8. The number of hydrogen-bond donors (Lipinski definition) is 1. The molecule has 7 heteroatoms. The third kappa shape index (κ3) is 3.72. The molecule has 0 saturated carbocycles. The largest absolute Gasteiger partial charge is 0.373 e. The Morgan fingerprint density at radius 3 is 2.64 bits per heavy atom. The molecule has 0 fully saturated rings. The zero-order chi connectivity index (χ0) is 19.9. The molecule has 1 aliphatic heterocycles. The first-order valence-corrected chi connectivity index (χ1v) is 9.87. The molecule has 0 unspecified atom stereocenters. The van der Waals surface area contributed by atoms with Gasteiger partial charge in [0.25, 0.3) is 0 Å². The van der Waals surface area contributed by atoms with Crippen molar-refractivity contribution in [3.05, 3.63) is 64.4 Å². The average Bonchev–Trinajstić information content (AvgIpc) is 2.95. The predicted octanol–water partition coefficient (Wildman–Crippen LogP) is 4.34. The van der Waals surface area contributed by atoms with Crippen molar-refractivity contribution in [2.45, 2.75) is 32.4 Å². The lowest BCUT2D eigenvalue weighted by molar-refractivity contribution is -0.00744. The number of anilines is 1. The van der Waals surface area contributed by atoms with E-state index < -0.39 is 6.04 Å². The Bertz CT molecular complexity index is 1060. The van der Waals surface area contributed by atoms with Crippen LogP contribution in [0.1, 0.15) is 36.8 Å². The molecule has 1 aliphatic rings. The number of ketones is 1. The number of benzene rings is 1. The SMILES string of the molecule is CC(C)(C)OC[C@@H]1N=C(c2ccc(Br)cc2)Nc2nc3ccccn3c2C1=O. The summed E-state index contributed by atoms with van der Waals surface area (Å²) >= 11 is 3.45. The van der Waals surface area contributed by atoms with E-state index in [2.05, 4.69) is 26.2 Å². The first-order valence-electron chi connectivity index (χ1n) is 9.08. The van der Waals surface area contributed by atoms with Crippen LogP contribution in [0.5, 0.6) is 0 Å². The summed E-state index contributed by atoms with van der Waals surface area (Å²) in [5.74, 6) is 0.999. The molecule has 4 rings (SSSR count). The minimum Gasteiger partial charge on any atom is -0.373 e. The van der Waals surface area contributed by atoms with Crippen LogP contribution in [0.15, 0.2) is 58.1 Å². The van der Waals surface area contributed by atoms with Crippen molar-refractivity contribution >= 4 is 39.0 Å². The molecule has 2 aromatic heterocycles.